The minimum absolute atomic E-state index is 0.137. The van der Waals surface area contributed by atoms with Crippen molar-refractivity contribution in [2.75, 3.05) is 18.6 Å². The second-order valence-corrected chi connectivity index (χ2v) is 7.67. The van der Waals surface area contributed by atoms with Crippen LogP contribution < -0.4 is 14.4 Å². The van der Waals surface area contributed by atoms with E-state index >= 15 is 0 Å². The van der Waals surface area contributed by atoms with Crippen molar-refractivity contribution in [1.82, 2.24) is 9.97 Å². The number of fused-ring (bicyclic) bond motifs is 1. The molecule has 0 saturated heterocycles. The van der Waals surface area contributed by atoms with Crippen LogP contribution in [0.3, 0.4) is 0 Å². The zero-order valence-corrected chi connectivity index (χ0v) is 17.6. The highest BCUT2D eigenvalue weighted by Crippen LogP contribution is 2.32. The van der Waals surface area contributed by atoms with Crippen molar-refractivity contribution in [3.63, 3.8) is 0 Å². The molecule has 0 atom stereocenters. The number of aromatic nitrogens is 2. The summed E-state index contributed by atoms with van der Waals surface area (Å²) in [6.45, 7) is 2.19. The van der Waals surface area contributed by atoms with Gasteiger partial charge >= 0.3 is 0 Å². The number of hydrogen-bond acceptors (Lipinski definition) is 6. The number of benzene rings is 2. The highest BCUT2D eigenvalue weighted by atomic mass is 32.1. The van der Waals surface area contributed by atoms with Crippen LogP contribution >= 0.6 is 11.3 Å². The van der Waals surface area contributed by atoms with Crippen LogP contribution in [-0.4, -0.2) is 29.6 Å². The minimum Gasteiger partial charge on any atom is -0.493 e. The molecule has 0 unspecified atom stereocenters. The number of amides is 1. The van der Waals surface area contributed by atoms with Crippen molar-refractivity contribution in [2.45, 2.75) is 13.5 Å². The average molecular weight is 420 g/mol. The second-order valence-electron chi connectivity index (χ2n) is 6.66. The summed E-state index contributed by atoms with van der Waals surface area (Å²) in [6, 6.07) is 18.9. The molecule has 1 amide bonds. The van der Waals surface area contributed by atoms with Gasteiger partial charge in [-0.1, -0.05) is 41.7 Å². The molecule has 2 aromatic carbocycles. The van der Waals surface area contributed by atoms with Crippen LogP contribution in [0.25, 0.3) is 10.2 Å². The van der Waals surface area contributed by atoms with Crippen LogP contribution in [0, 0.1) is 6.92 Å². The maximum absolute atomic E-state index is 13.2. The van der Waals surface area contributed by atoms with Gasteiger partial charge in [0, 0.05) is 6.20 Å². The van der Waals surface area contributed by atoms with Gasteiger partial charge in [-0.3, -0.25) is 14.7 Å². The van der Waals surface area contributed by atoms with Crippen LogP contribution in [0.4, 0.5) is 5.13 Å². The van der Waals surface area contributed by atoms with Crippen LogP contribution in [0.2, 0.25) is 0 Å². The Morgan fingerprint density at radius 1 is 1.03 bits per heavy atom. The third-order valence-electron chi connectivity index (χ3n) is 4.61. The number of carbonyl (C=O) groups is 1. The van der Waals surface area contributed by atoms with Gasteiger partial charge in [-0.2, -0.15) is 0 Å². The topological polar surface area (TPSA) is 64.6 Å². The van der Waals surface area contributed by atoms with Gasteiger partial charge < -0.3 is 9.47 Å². The number of ether oxygens (including phenoxy) is 2. The van der Waals surface area contributed by atoms with Crippen molar-refractivity contribution in [3.8, 4) is 11.5 Å². The number of para-hydroxylation sites is 3. The summed E-state index contributed by atoms with van der Waals surface area (Å²) < 4.78 is 12.1. The van der Waals surface area contributed by atoms with Crippen LogP contribution in [-0.2, 0) is 11.3 Å². The monoisotopic (exact) mass is 419 g/mol. The number of anilines is 1. The number of aryl methyl sites for hydroxylation is 1. The fraction of sp³-hybridized carbons (Fsp3) is 0.174. The highest BCUT2D eigenvalue weighted by Gasteiger charge is 2.22. The fourth-order valence-electron chi connectivity index (χ4n) is 3.06. The Hall–Kier alpha value is -3.45. The summed E-state index contributed by atoms with van der Waals surface area (Å²) in [5.41, 5.74) is 2.76. The normalized spacial score (nSPS) is 10.7. The number of pyridine rings is 1. The Balaban J connectivity index is 1.62. The Bertz CT molecular complexity index is 1160. The minimum atomic E-state index is -0.205. The molecule has 2 heterocycles. The van der Waals surface area contributed by atoms with E-state index in [-0.39, 0.29) is 12.5 Å². The highest BCUT2D eigenvalue weighted by molar-refractivity contribution is 7.22. The summed E-state index contributed by atoms with van der Waals surface area (Å²) in [5.74, 6) is 0.895. The van der Waals surface area contributed by atoms with E-state index in [1.54, 1.807) is 30.3 Å². The van der Waals surface area contributed by atoms with E-state index in [1.807, 2.05) is 55.5 Å². The molecule has 0 radical (unpaired) electrons. The predicted octanol–water partition coefficient (Wildman–Crippen LogP) is 4.62. The lowest BCUT2D eigenvalue weighted by Gasteiger charge is -2.20. The molecule has 0 fully saturated rings. The molecule has 0 aliphatic carbocycles. The van der Waals surface area contributed by atoms with Crippen molar-refractivity contribution >= 4 is 32.6 Å². The Kier molecular flexibility index (Phi) is 5.90. The average Bonchev–Trinajstić information content (AvgIpc) is 3.22. The maximum atomic E-state index is 13.2. The quantitative estimate of drug-likeness (QED) is 0.437. The standard InChI is InChI=1S/C23H21N3O3S/c1-16-8-7-12-20-22(16)25-23(30-20)26(14-17-9-5-6-13-24-17)21(27)15-29-19-11-4-3-10-18(19)28-2/h3-13H,14-15H2,1-2H3. The molecule has 0 N–H and O–H groups in total. The summed E-state index contributed by atoms with van der Waals surface area (Å²) >= 11 is 1.48. The molecule has 0 spiro atoms. The first-order valence-corrected chi connectivity index (χ1v) is 10.3. The summed E-state index contributed by atoms with van der Waals surface area (Å²) in [5, 5.41) is 0.624. The molecule has 30 heavy (non-hydrogen) atoms. The van der Waals surface area contributed by atoms with Gasteiger partial charge in [-0.25, -0.2) is 4.98 Å². The molecule has 0 bridgehead atoms. The first kappa shape index (κ1) is 19.8. The second kappa shape index (κ2) is 8.92. The van der Waals surface area contributed by atoms with Crippen LogP contribution in [0.15, 0.2) is 66.9 Å². The van der Waals surface area contributed by atoms with E-state index in [2.05, 4.69) is 4.98 Å². The van der Waals surface area contributed by atoms with E-state index < -0.39 is 0 Å². The van der Waals surface area contributed by atoms with Crippen molar-refractivity contribution < 1.29 is 14.3 Å². The number of hydrogen-bond donors (Lipinski definition) is 0. The first-order valence-electron chi connectivity index (χ1n) is 9.48. The van der Waals surface area contributed by atoms with Crippen LogP contribution in [0.5, 0.6) is 11.5 Å². The molecule has 152 valence electrons. The van der Waals surface area contributed by atoms with Gasteiger partial charge in [0.2, 0.25) is 0 Å². The molecule has 2 aromatic heterocycles. The lowest BCUT2D eigenvalue weighted by Crippen LogP contribution is -2.34. The van der Waals surface area contributed by atoms with Gasteiger partial charge in [0.1, 0.15) is 0 Å². The zero-order chi connectivity index (χ0) is 20.9. The number of rotatable bonds is 7. The summed E-state index contributed by atoms with van der Waals surface area (Å²) in [7, 11) is 1.57. The number of nitrogens with zero attached hydrogens (tertiary/aromatic N) is 3. The SMILES string of the molecule is COc1ccccc1OCC(=O)N(Cc1ccccn1)c1nc2c(C)cccc2s1. The molecule has 4 rings (SSSR count). The third-order valence-corrected chi connectivity index (χ3v) is 5.65. The maximum Gasteiger partial charge on any atom is 0.267 e. The largest absolute Gasteiger partial charge is 0.493 e. The third kappa shape index (κ3) is 4.26. The number of methoxy groups -OCH3 is 1. The van der Waals surface area contributed by atoms with E-state index in [4.69, 9.17) is 14.5 Å². The smallest absolute Gasteiger partial charge is 0.267 e. The first-order chi connectivity index (χ1) is 14.7. The molecule has 0 aliphatic heterocycles. The summed E-state index contributed by atoms with van der Waals surface area (Å²) in [6.07, 6.45) is 1.71. The van der Waals surface area contributed by atoms with Crippen LogP contribution in [0.1, 0.15) is 11.3 Å². The van der Waals surface area contributed by atoms with Crippen molar-refractivity contribution in [1.29, 1.82) is 0 Å². The van der Waals surface area contributed by atoms with E-state index in [9.17, 15) is 4.79 Å². The molecular formula is C23H21N3O3S. The predicted molar refractivity (Wildman–Crippen MR) is 118 cm³/mol. The van der Waals surface area contributed by atoms with Gasteiger partial charge in [-0.15, -0.1) is 0 Å². The lowest BCUT2D eigenvalue weighted by atomic mass is 10.2. The molecule has 4 aromatic rings. The van der Waals surface area contributed by atoms with E-state index in [0.717, 1.165) is 21.5 Å². The molecule has 6 nitrogen and oxygen atoms in total. The Morgan fingerprint density at radius 2 is 1.83 bits per heavy atom. The van der Waals surface area contributed by atoms with Gasteiger partial charge in [0.25, 0.3) is 5.91 Å². The fourth-order valence-corrected chi connectivity index (χ4v) is 4.12. The molecule has 7 heteroatoms. The Labute approximate surface area is 178 Å². The van der Waals surface area contributed by atoms with Gasteiger partial charge in [-0.05, 0) is 42.8 Å². The van der Waals surface area contributed by atoms with E-state index in [0.29, 0.717) is 23.2 Å². The molecule has 0 saturated carbocycles. The van der Waals surface area contributed by atoms with Crippen molar-refractivity contribution in [3.05, 3.63) is 78.1 Å². The van der Waals surface area contributed by atoms with Crippen molar-refractivity contribution in [2.24, 2.45) is 0 Å². The lowest BCUT2D eigenvalue weighted by molar-refractivity contribution is -0.120. The molecule has 0 aliphatic rings. The zero-order valence-electron chi connectivity index (χ0n) is 16.7. The number of thiazole rings is 1. The van der Waals surface area contributed by atoms with Gasteiger partial charge in [0.05, 0.1) is 29.6 Å². The van der Waals surface area contributed by atoms with E-state index in [1.165, 1.54) is 11.3 Å². The summed E-state index contributed by atoms with van der Waals surface area (Å²) in [4.78, 5) is 23.9. The van der Waals surface area contributed by atoms with Gasteiger partial charge in [0.15, 0.2) is 23.2 Å². The number of carbonyl (C=O) groups excluding carboxylic acids is 1. The molecular weight excluding hydrogens is 398 g/mol. The Morgan fingerprint density at radius 3 is 2.57 bits per heavy atom.